The molecule has 5 heteroatoms. The maximum Gasteiger partial charge on any atom is 0.307 e. The summed E-state index contributed by atoms with van der Waals surface area (Å²) in [6.07, 6.45) is 1.24. The number of hydrogen-bond acceptors (Lipinski definition) is 2. The Morgan fingerprint density at radius 1 is 1.33 bits per heavy atom. The number of aliphatic carboxylic acids is 1. The number of carbonyl (C=O) groups is 2. The number of nitrogens with one attached hydrogen (secondary N) is 1. The van der Waals surface area contributed by atoms with Crippen molar-refractivity contribution in [2.75, 3.05) is 6.54 Å². The maximum absolute atomic E-state index is 12.1. The summed E-state index contributed by atoms with van der Waals surface area (Å²) >= 11 is 6.00. The van der Waals surface area contributed by atoms with Gasteiger partial charge in [-0.05, 0) is 30.5 Å². The molecule has 1 aliphatic carbocycles. The zero-order chi connectivity index (χ0) is 15.6. The molecule has 0 aromatic heterocycles. The number of amides is 1. The molecule has 0 heterocycles. The van der Waals surface area contributed by atoms with Crippen molar-refractivity contribution in [2.45, 2.75) is 32.1 Å². The third-order valence-electron chi connectivity index (χ3n) is 4.24. The highest BCUT2D eigenvalue weighted by molar-refractivity contribution is 6.30. The van der Waals surface area contributed by atoms with E-state index in [2.05, 4.69) is 5.32 Å². The lowest BCUT2D eigenvalue weighted by atomic mass is 9.73. The topological polar surface area (TPSA) is 66.4 Å². The molecule has 2 rings (SSSR count). The fourth-order valence-electron chi connectivity index (χ4n) is 2.56. The third-order valence-corrected chi connectivity index (χ3v) is 4.47. The van der Waals surface area contributed by atoms with E-state index in [0.29, 0.717) is 24.4 Å². The second kappa shape index (κ2) is 6.06. The Labute approximate surface area is 129 Å². The molecule has 1 aliphatic rings. The van der Waals surface area contributed by atoms with Crippen molar-refractivity contribution >= 4 is 23.5 Å². The SMILES string of the molecule is CC(C)(CNC(=O)C1CCC1C(=O)O)c1cccc(Cl)c1. The van der Waals surface area contributed by atoms with Crippen molar-refractivity contribution in [1.82, 2.24) is 5.32 Å². The van der Waals surface area contributed by atoms with Crippen LogP contribution in [0.15, 0.2) is 24.3 Å². The van der Waals surface area contributed by atoms with Gasteiger partial charge in [-0.15, -0.1) is 0 Å². The van der Waals surface area contributed by atoms with Gasteiger partial charge >= 0.3 is 5.97 Å². The maximum atomic E-state index is 12.1. The van der Waals surface area contributed by atoms with Crippen LogP contribution in [-0.2, 0) is 15.0 Å². The molecule has 1 saturated carbocycles. The van der Waals surface area contributed by atoms with Crippen LogP contribution in [0.5, 0.6) is 0 Å². The van der Waals surface area contributed by atoms with Crippen LogP contribution in [0, 0.1) is 11.8 Å². The highest BCUT2D eigenvalue weighted by Gasteiger charge is 2.41. The minimum Gasteiger partial charge on any atom is -0.481 e. The van der Waals surface area contributed by atoms with E-state index < -0.39 is 17.8 Å². The van der Waals surface area contributed by atoms with E-state index in [-0.39, 0.29) is 11.3 Å². The van der Waals surface area contributed by atoms with Gasteiger partial charge in [-0.1, -0.05) is 37.6 Å². The molecule has 2 atom stereocenters. The van der Waals surface area contributed by atoms with Gasteiger partial charge in [0.2, 0.25) is 5.91 Å². The molecule has 1 aromatic rings. The summed E-state index contributed by atoms with van der Waals surface area (Å²) in [5.74, 6) is -1.96. The fourth-order valence-corrected chi connectivity index (χ4v) is 2.75. The molecule has 1 amide bonds. The Morgan fingerprint density at radius 3 is 2.52 bits per heavy atom. The van der Waals surface area contributed by atoms with Crippen LogP contribution in [0.3, 0.4) is 0 Å². The van der Waals surface area contributed by atoms with Crippen LogP contribution >= 0.6 is 11.6 Å². The van der Waals surface area contributed by atoms with Crippen LogP contribution in [0.25, 0.3) is 0 Å². The van der Waals surface area contributed by atoms with Gasteiger partial charge in [-0.2, -0.15) is 0 Å². The summed E-state index contributed by atoms with van der Waals surface area (Å²) < 4.78 is 0. The number of benzene rings is 1. The summed E-state index contributed by atoms with van der Waals surface area (Å²) in [4.78, 5) is 23.0. The Bertz CT molecular complexity index is 556. The van der Waals surface area contributed by atoms with E-state index >= 15 is 0 Å². The van der Waals surface area contributed by atoms with Gasteiger partial charge in [0.1, 0.15) is 0 Å². The molecule has 1 fully saturated rings. The van der Waals surface area contributed by atoms with E-state index in [0.717, 1.165) is 5.56 Å². The van der Waals surface area contributed by atoms with Crippen molar-refractivity contribution in [2.24, 2.45) is 11.8 Å². The number of rotatable bonds is 5. The first-order valence-electron chi connectivity index (χ1n) is 7.08. The summed E-state index contributed by atoms with van der Waals surface area (Å²) in [6.45, 7) is 4.50. The molecule has 21 heavy (non-hydrogen) atoms. The van der Waals surface area contributed by atoms with Gasteiger partial charge in [0.05, 0.1) is 11.8 Å². The molecule has 0 spiro atoms. The van der Waals surface area contributed by atoms with E-state index in [1.807, 2.05) is 38.1 Å². The van der Waals surface area contributed by atoms with Gasteiger partial charge < -0.3 is 10.4 Å². The Morgan fingerprint density at radius 2 is 2.00 bits per heavy atom. The summed E-state index contributed by atoms with van der Waals surface area (Å²) in [7, 11) is 0. The summed E-state index contributed by atoms with van der Waals surface area (Å²) in [5, 5.41) is 12.5. The number of carboxylic acids is 1. The van der Waals surface area contributed by atoms with E-state index in [9.17, 15) is 9.59 Å². The molecule has 0 saturated heterocycles. The number of halogens is 1. The Balaban J connectivity index is 1.95. The number of carbonyl (C=O) groups excluding carboxylic acids is 1. The van der Waals surface area contributed by atoms with Crippen molar-refractivity contribution in [3.63, 3.8) is 0 Å². The molecule has 1 aromatic carbocycles. The predicted octanol–water partition coefficient (Wildman–Crippen LogP) is 2.84. The molecule has 0 radical (unpaired) electrons. The third kappa shape index (κ3) is 3.56. The largest absolute Gasteiger partial charge is 0.481 e. The first-order chi connectivity index (χ1) is 9.81. The average Bonchev–Trinajstić information content (AvgIpc) is 2.34. The smallest absolute Gasteiger partial charge is 0.307 e. The number of hydrogen-bond donors (Lipinski definition) is 2. The lowest BCUT2D eigenvalue weighted by molar-refractivity contribution is -0.152. The highest BCUT2D eigenvalue weighted by atomic mass is 35.5. The minimum atomic E-state index is -0.879. The minimum absolute atomic E-state index is 0.163. The lowest BCUT2D eigenvalue weighted by Gasteiger charge is -2.33. The predicted molar refractivity (Wildman–Crippen MR) is 81.3 cm³/mol. The van der Waals surface area contributed by atoms with Crippen LogP contribution < -0.4 is 5.32 Å². The van der Waals surface area contributed by atoms with Crippen molar-refractivity contribution in [3.8, 4) is 0 Å². The first kappa shape index (κ1) is 15.8. The highest BCUT2D eigenvalue weighted by Crippen LogP contribution is 2.34. The standard InChI is InChI=1S/C16H20ClNO3/c1-16(2,10-4-3-5-11(17)8-10)9-18-14(19)12-6-7-13(12)15(20)21/h3-5,8,12-13H,6-7,9H2,1-2H3,(H,18,19)(H,20,21). The van der Waals surface area contributed by atoms with Gasteiger partial charge in [-0.25, -0.2) is 0 Å². The molecular weight excluding hydrogens is 290 g/mol. The molecule has 0 bridgehead atoms. The summed E-state index contributed by atoms with van der Waals surface area (Å²) in [6, 6.07) is 7.55. The van der Waals surface area contributed by atoms with Crippen LogP contribution in [0.2, 0.25) is 5.02 Å². The van der Waals surface area contributed by atoms with Crippen LogP contribution in [0.1, 0.15) is 32.3 Å². The second-order valence-corrected chi connectivity index (χ2v) is 6.68. The zero-order valence-corrected chi connectivity index (χ0v) is 13.0. The molecule has 4 nitrogen and oxygen atoms in total. The second-order valence-electron chi connectivity index (χ2n) is 6.24. The molecule has 114 valence electrons. The van der Waals surface area contributed by atoms with Gasteiger partial charge in [0.15, 0.2) is 0 Å². The van der Waals surface area contributed by atoms with Crippen molar-refractivity contribution in [3.05, 3.63) is 34.9 Å². The van der Waals surface area contributed by atoms with Crippen LogP contribution in [0.4, 0.5) is 0 Å². The number of carboxylic acid groups (broad SMARTS) is 1. The van der Waals surface area contributed by atoms with Gasteiger partial charge in [0, 0.05) is 17.0 Å². The first-order valence-corrected chi connectivity index (χ1v) is 7.45. The molecule has 2 N–H and O–H groups in total. The molecular formula is C16H20ClNO3. The summed E-state index contributed by atoms with van der Waals surface area (Å²) in [5.41, 5.74) is 0.780. The van der Waals surface area contributed by atoms with Gasteiger partial charge in [-0.3, -0.25) is 9.59 Å². The quantitative estimate of drug-likeness (QED) is 0.879. The van der Waals surface area contributed by atoms with Gasteiger partial charge in [0.25, 0.3) is 0 Å². The molecule has 2 unspecified atom stereocenters. The fraction of sp³-hybridized carbons (Fsp3) is 0.500. The Kier molecular flexibility index (Phi) is 4.57. The monoisotopic (exact) mass is 309 g/mol. The van der Waals surface area contributed by atoms with E-state index in [1.54, 1.807) is 0 Å². The van der Waals surface area contributed by atoms with Crippen molar-refractivity contribution in [1.29, 1.82) is 0 Å². The van der Waals surface area contributed by atoms with Crippen LogP contribution in [-0.4, -0.2) is 23.5 Å². The molecule has 0 aliphatic heterocycles. The van der Waals surface area contributed by atoms with Crippen molar-refractivity contribution < 1.29 is 14.7 Å². The lowest BCUT2D eigenvalue weighted by Crippen LogP contribution is -2.47. The zero-order valence-electron chi connectivity index (χ0n) is 12.2. The normalized spacial score (nSPS) is 21.5. The van der Waals surface area contributed by atoms with E-state index in [4.69, 9.17) is 16.7 Å². The van der Waals surface area contributed by atoms with E-state index in [1.165, 1.54) is 0 Å². The Hall–Kier alpha value is -1.55. The average molecular weight is 310 g/mol.